The van der Waals surface area contributed by atoms with Gasteiger partial charge in [0.15, 0.2) is 15.6 Å². The van der Waals surface area contributed by atoms with Crippen LogP contribution in [0.25, 0.3) is 0 Å². The maximum Gasteiger partial charge on any atom is 0.416 e. The summed E-state index contributed by atoms with van der Waals surface area (Å²) in [6, 6.07) is 9.78. The first kappa shape index (κ1) is 21.4. The Kier molecular flexibility index (Phi) is 5.75. The molecule has 3 rings (SSSR count). The topological polar surface area (TPSA) is 61.8 Å². The van der Waals surface area contributed by atoms with E-state index in [1.54, 1.807) is 13.8 Å². The second kappa shape index (κ2) is 7.81. The third-order valence-corrected chi connectivity index (χ3v) is 5.52. The molecule has 0 spiro atoms. The lowest BCUT2D eigenvalue weighted by Gasteiger charge is -2.15. The van der Waals surface area contributed by atoms with Crippen molar-refractivity contribution in [2.24, 2.45) is 0 Å². The predicted molar refractivity (Wildman–Crippen MR) is 99.2 cm³/mol. The van der Waals surface area contributed by atoms with Crippen LogP contribution < -0.4 is 4.74 Å². The summed E-state index contributed by atoms with van der Waals surface area (Å²) in [7, 11) is -3.69. The van der Waals surface area contributed by atoms with Crippen molar-refractivity contribution in [1.29, 1.82) is 0 Å². The Morgan fingerprint density at radius 2 is 1.59 bits per heavy atom. The van der Waals surface area contributed by atoms with E-state index in [0.717, 1.165) is 17.5 Å². The molecule has 1 aliphatic rings. The summed E-state index contributed by atoms with van der Waals surface area (Å²) in [6.45, 7) is 3.74. The normalized spacial score (nSPS) is 19.6. The standard InChI is InChI=1S/C20H19F3O5S/c1-19(2)26-13-17(28-19)11-12-29(24,25)18-9-7-16(8-10-18)27-15-5-3-14(4-6-15)20(21,22)23/h3-12,17H,13H2,1-2H3/b12-11+/t17-/m0/s1. The van der Waals surface area contributed by atoms with Gasteiger partial charge in [0.25, 0.3) is 0 Å². The highest BCUT2D eigenvalue weighted by atomic mass is 32.2. The minimum atomic E-state index is -4.42. The van der Waals surface area contributed by atoms with Gasteiger partial charge in [-0.1, -0.05) is 0 Å². The Labute approximate surface area is 166 Å². The van der Waals surface area contributed by atoms with Gasteiger partial charge in [0, 0.05) is 5.41 Å². The van der Waals surface area contributed by atoms with Gasteiger partial charge in [-0.05, 0) is 68.5 Å². The molecule has 29 heavy (non-hydrogen) atoms. The number of ether oxygens (including phenoxy) is 3. The molecule has 2 aromatic rings. The lowest BCUT2D eigenvalue weighted by Crippen LogP contribution is -2.20. The first-order valence-electron chi connectivity index (χ1n) is 8.65. The Morgan fingerprint density at radius 1 is 1.03 bits per heavy atom. The molecule has 0 saturated carbocycles. The average Bonchev–Trinajstić information content (AvgIpc) is 2.99. The van der Waals surface area contributed by atoms with Crippen LogP contribution >= 0.6 is 0 Å². The van der Waals surface area contributed by atoms with Crippen LogP contribution in [0.3, 0.4) is 0 Å². The monoisotopic (exact) mass is 428 g/mol. The van der Waals surface area contributed by atoms with Crippen LogP contribution in [0.1, 0.15) is 19.4 Å². The number of rotatable bonds is 5. The minimum absolute atomic E-state index is 0.0479. The molecule has 0 unspecified atom stereocenters. The number of halogens is 3. The van der Waals surface area contributed by atoms with E-state index in [4.69, 9.17) is 14.2 Å². The van der Waals surface area contributed by atoms with Crippen LogP contribution in [0.4, 0.5) is 13.2 Å². The average molecular weight is 428 g/mol. The molecule has 0 radical (unpaired) electrons. The zero-order chi connectivity index (χ0) is 21.3. The van der Waals surface area contributed by atoms with Gasteiger partial charge in [-0.3, -0.25) is 0 Å². The maximum absolute atomic E-state index is 12.6. The Morgan fingerprint density at radius 3 is 2.07 bits per heavy atom. The quantitative estimate of drug-likeness (QED) is 0.675. The van der Waals surface area contributed by atoms with Crippen LogP contribution in [0, 0.1) is 0 Å². The molecule has 156 valence electrons. The largest absolute Gasteiger partial charge is 0.457 e. The summed E-state index contributed by atoms with van der Waals surface area (Å²) in [6.07, 6.45) is -3.45. The van der Waals surface area contributed by atoms with Crippen LogP contribution in [0.15, 0.2) is 64.9 Å². The van der Waals surface area contributed by atoms with Gasteiger partial charge in [0.05, 0.1) is 17.1 Å². The lowest BCUT2D eigenvalue weighted by atomic mass is 10.2. The second-order valence-electron chi connectivity index (χ2n) is 6.84. The second-order valence-corrected chi connectivity index (χ2v) is 8.67. The zero-order valence-corrected chi connectivity index (χ0v) is 16.5. The van der Waals surface area contributed by atoms with Crippen molar-refractivity contribution in [3.8, 4) is 11.5 Å². The van der Waals surface area contributed by atoms with Crippen LogP contribution in [0.2, 0.25) is 0 Å². The molecule has 1 heterocycles. The van der Waals surface area contributed by atoms with Gasteiger partial charge in [-0.2, -0.15) is 13.2 Å². The molecule has 1 fully saturated rings. The summed E-state index contributed by atoms with van der Waals surface area (Å²) in [5, 5.41) is 1.06. The highest BCUT2D eigenvalue weighted by molar-refractivity contribution is 7.94. The van der Waals surface area contributed by atoms with Gasteiger partial charge >= 0.3 is 6.18 Å². The summed E-state index contributed by atoms with van der Waals surface area (Å²) >= 11 is 0. The fraction of sp³-hybridized carbons (Fsp3) is 0.300. The van der Waals surface area contributed by atoms with E-state index in [1.807, 2.05) is 0 Å². The molecule has 0 bridgehead atoms. The summed E-state index contributed by atoms with van der Waals surface area (Å²) < 4.78 is 79.0. The van der Waals surface area contributed by atoms with Crippen molar-refractivity contribution in [3.05, 3.63) is 65.6 Å². The van der Waals surface area contributed by atoms with Crippen LogP contribution in [0.5, 0.6) is 11.5 Å². The predicted octanol–water partition coefficient (Wildman–Crippen LogP) is 4.94. The minimum Gasteiger partial charge on any atom is -0.457 e. The molecule has 5 nitrogen and oxygen atoms in total. The van der Waals surface area contributed by atoms with Gasteiger partial charge < -0.3 is 14.2 Å². The summed E-state index contributed by atoms with van der Waals surface area (Å²) in [5.74, 6) is -0.257. The van der Waals surface area contributed by atoms with E-state index in [9.17, 15) is 21.6 Å². The maximum atomic E-state index is 12.6. The Balaban J connectivity index is 1.66. The first-order chi connectivity index (χ1) is 13.4. The first-order valence-corrected chi connectivity index (χ1v) is 10.2. The van der Waals surface area contributed by atoms with E-state index >= 15 is 0 Å². The number of alkyl halides is 3. The van der Waals surface area contributed by atoms with Gasteiger partial charge in [-0.25, -0.2) is 8.42 Å². The third-order valence-electron chi connectivity index (χ3n) is 4.07. The van der Waals surface area contributed by atoms with Gasteiger partial charge in [0.1, 0.15) is 17.6 Å². The van der Waals surface area contributed by atoms with Crippen LogP contribution in [-0.4, -0.2) is 26.9 Å². The van der Waals surface area contributed by atoms with Gasteiger partial charge in [0.2, 0.25) is 0 Å². The Hall–Kier alpha value is -2.36. The van der Waals surface area contributed by atoms with E-state index in [0.29, 0.717) is 5.75 Å². The molecular weight excluding hydrogens is 409 g/mol. The number of hydrogen-bond donors (Lipinski definition) is 0. The Bertz CT molecular complexity index is 978. The van der Waals surface area contributed by atoms with E-state index < -0.39 is 33.5 Å². The van der Waals surface area contributed by atoms with Crippen molar-refractivity contribution >= 4 is 9.84 Å². The molecule has 1 saturated heterocycles. The summed E-state index contributed by atoms with van der Waals surface area (Å²) in [5.41, 5.74) is -0.780. The van der Waals surface area contributed by atoms with Crippen LogP contribution in [-0.2, 0) is 25.5 Å². The smallest absolute Gasteiger partial charge is 0.416 e. The SMILES string of the molecule is CC1(C)OC[C@H](/C=C/S(=O)(=O)c2ccc(Oc3ccc(C(F)(F)F)cc3)cc2)O1. The molecule has 0 aliphatic carbocycles. The molecule has 1 atom stereocenters. The van der Waals surface area contributed by atoms with Gasteiger partial charge in [-0.15, -0.1) is 0 Å². The fourth-order valence-electron chi connectivity index (χ4n) is 2.63. The highest BCUT2D eigenvalue weighted by Crippen LogP contribution is 2.31. The number of sulfone groups is 1. The van der Waals surface area contributed by atoms with Crippen molar-refractivity contribution in [2.45, 2.75) is 36.8 Å². The van der Waals surface area contributed by atoms with Crippen molar-refractivity contribution < 1.29 is 35.8 Å². The molecular formula is C20H19F3O5S. The molecule has 0 N–H and O–H groups in total. The van der Waals surface area contributed by atoms with E-state index in [-0.39, 0.29) is 17.3 Å². The van der Waals surface area contributed by atoms with Crippen molar-refractivity contribution in [3.63, 3.8) is 0 Å². The molecule has 1 aliphatic heterocycles. The fourth-order valence-corrected chi connectivity index (χ4v) is 3.68. The van der Waals surface area contributed by atoms with E-state index in [2.05, 4.69) is 0 Å². The zero-order valence-electron chi connectivity index (χ0n) is 15.6. The van der Waals surface area contributed by atoms with Crippen molar-refractivity contribution in [1.82, 2.24) is 0 Å². The molecule has 0 aromatic heterocycles. The highest BCUT2D eigenvalue weighted by Gasteiger charge is 2.31. The van der Waals surface area contributed by atoms with E-state index in [1.165, 1.54) is 42.5 Å². The van der Waals surface area contributed by atoms with Crippen molar-refractivity contribution in [2.75, 3.05) is 6.61 Å². The molecule has 9 heteroatoms. The number of hydrogen-bond acceptors (Lipinski definition) is 5. The molecule has 0 amide bonds. The summed E-state index contributed by atoms with van der Waals surface area (Å²) in [4.78, 5) is 0.0479. The molecule has 2 aromatic carbocycles. The number of benzene rings is 2. The third kappa shape index (κ3) is 5.59. The lowest BCUT2D eigenvalue weighted by molar-refractivity contribution is -0.137.